The minimum absolute atomic E-state index is 0.342. The molecule has 1 aliphatic carbocycles. The quantitative estimate of drug-likeness (QED) is 0.728. The van der Waals surface area contributed by atoms with E-state index in [1.807, 2.05) is 0 Å². The maximum Gasteiger partial charge on any atom is 0.237 e. The molecule has 5 nitrogen and oxygen atoms in total. The molecule has 18 heavy (non-hydrogen) atoms. The number of nitrogens with zero attached hydrogens (tertiary/aromatic N) is 2. The zero-order valence-electron chi connectivity index (χ0n) is 11.6. The maximum atomic E-state index is 11.4. The van der Waals surface area contributed by atoms with E-state index in [-0.39, 0.29) is 5.91 Å². The van der Waals surface area contributed by atoms with E-state index in [1.165, 1.54) is 0 Å². The minimum Gasteiger partial charge on any atom is -0.368 e. The number of piperazine rings is 1. The van der Waals surface area contributed by atoms with Gasteiger partial charge in [0.1, 0.15) is 0 Å². The molecule has 1 heterocycles. The van der Waals surface area contributed by atoms with Crippen LogP contribution in [0.15, 0.2) is 0 Å². The molecule has 2 fully saturated rings. The summed E-state index contributed by atoms with van der Waals surface area (Å²) in [6.45, 7) is 8.87. The molecule has 4 N–H and O–H groups in total. The van der Waals surface area contributed by atoms with Gasteiger partial charge in [0.25, 0.3) is 0 Å². The summed E-state index contributed by atoms with van der Waals surface area (Å²) in [5.74, 6) is -0.342. The van der Waals surface area contributed by atoms with E-state index in [0.717, 1.165) is 45.4 Å². The predicted octanol–water partition coefficient (Wildman–Crippen LogP) is -0.252. The molecular weight excluding hydrogens is 228 g/mol. The smallest absolute Gasteiger partial charge is 0.237 e. The van der Waals surface area contributed by atoms with Crippen LogP contribution in [0.25, 0.3) is 0 Å². The highest BCUT2D eigenvalue weighted by Gasteiger charge is 2.43. The van der Waals surface area contributed by atoms with Crippen LogP contribution in [0.3, 0.4) is 0 Å². The summed E-state index contributed by atoms with van der Waals surface area (Å²) in [4.78, 5) is 16.3. The Balaban J connectivity index is 1.87. The van der Waals surface area contributed by atoms with Gasteiger partial charge in [-0.1, -0.05) is 0 Å². The largest absolute Gasteiger partial charge is 0.368 e. The van der Waals surface area contributed by atoms with Gasteiger partial charge in [-0.2, -0.15) is 0 Å². The van der Waals surface area contributed by atoms with Crippen LogP contribution >= 0.6 is 0 Å². The molecule has 2 aliphatic rings. The van der Waals surface area contributed by atoms with Crippen LogP contribution in [0.1, 0.15) is 33.1 Å². The Labute approximate surface area is 109 Å². The molecule has 0 bridgehead atoms. The fraction of sp³-hybridized carbons (Fsp3) is 0.923. The molecule has 5 heteroatoms. The third kappa shape index (κ3) is 2.68. The first kappa shape index (κ1) is 13.8. The van der Waals surface area contributed by atoms with Crippen LogP contribution in [0, 0.1) is 0 Å². The fourth-order valence-electron chi connectivity index (χ4n) is 3.20. The zero-order chi connectivity index (χ0) is 13.3. The molecule has 0 radical (unpaired) electrons. The third-order valence-electron chi connectivity index (χ3n) is 4.61. The van der Waals surface area contributed by atoms with Crippen molar-refractivity contribution < 1.29 is 4.79 Å². The van der Waals surface area contributed by atoms with E-state index >= 15 is 0 Å². The second-order valence-electron chi connectivity index (χ2n) is 6.08. The Morgan fingerprint density at radius 1 is 1.28 bits per heavy atom. The molecule has 2 rings (SSSR count). The van der Waals surface area contributed by atoms with Gasteiger partial charge in [-0.15, -0.1) is 0 Å². The normalized spacial score (nSPS) is 35.2. The average molecular weight is 254 g/mol. The van der Waals surface area contributed by atoms with Crippen molar-refractivity contribution in [2.45, 2.75) is 50.7 Å². The highest BCUT2D eigenvalue weighted by atomic mass is 16.1. The summed E-state index contributed by atoms with van der Waals surface area (Å²) in [7, 11) is 0. The van der Waals surface area contributed by atoms with E-state index in [9.17, 15) is 4.79 Å². The van der Waals surface area contributed by atoms with Gasteiger partial charge >= 0.3 is 0 Å². The lowest BCUT2D eigenvalue weighted by Gasteiger charge is -2.40. The number of amides is 1. The van der Waals surface area contributed by atoms with Gasteiger partial charge in [-0.3, -0.25) is 14.6 Å². The average Bonchev–Trinajstić information content (AvgIpc) is 2.73. The zero-order valence-corrected chi connectivity index (χ0v) is 11.6. The molecule has 0 aromatic heterocycles. The van der Waals surface area contributed by atoms with Crippen LogP contribution < -0.4 is 11.5 Å². The monoisotopic (exact) mass is 254 g/mol. The number of carbonyl (C=O) groups excluding carboxylic acids is 1. The Hall–Kier alpha value is -0.650. The maximum absolute atomic E-state index is 11.4. The summed E-state index contributed by atoms with van der Waals surface area (Å²) < 4.78 is 0. The summed E-state index contributed by atoms with van der Waals surface area (Å²) in [6, 6.07) is 1.06. The number of nitrogens with two attached hydrogens (primary N) is 2. The first-order valence-electron chi connectivity index (χ1n) is 6.99. The third-order valence-corrected chi connectivity index (χ3v) is 4.61. The molecule has 2 atom stereocenters. The standard InChI is InChI=1S/C13H26N4O/c1-10(2)16-5-7-17(8-6-16)11-3-4-13(15,9-11)12(14)18/h10-11H,3-9,15H2,1-2H3,(H2,14,18). The Bertz CT molecular complexity index is 312. The lowest BCUT2D eigenvalue weighted by molar-refractivity contribution is -0.123. The fourth-order valence-corrected chi connectivity index (χ4v) is 3.20. The van der Waals surface area contributed by atoms with Gasteiger partial charge in [0.05, 0.1) is 5.54 Å². The summed E-state index contributed by atoms with van der Waals surface area (Å²) >= 11 is 0. The topological polar surface area (TPSA) is 75.6 Å². The van der Waals surface area contributed by atoms with Gasteiger partial charge < -0.3 is 11.5 Å². The second-order valence-corrected chi connectivity index (χ2v) is 6.08. The van der Waals surface area contributed by atoms with E-state index < -0.39 is 5.54 Å². The van der Waals surface area contributed by atoms with Crippen molar-refractivity contribution in [1.29, 1.82) is 0 Å². The van der Waals surface area contributed by atoms with E-state index in [1.54, 1.807) is 0 Å². The highest BCUT2D eigenvalue weighted by Crippen LogP contribution is 2.31. The SMILES string of the molecule is CC(C)N1CCN(C2CCC(N)(C(N)=O)C2)CC1. The van der Waals surface area contributed by atoms with Crippen molar-refractivity contribution in [2.24, 2.45) is 11.5 Å². The first-order chi connectivity index (χ1) is 8.42. The van der Waals surface area contributed by atoms with Crippen molar-refractivity contribution in [3.8, 4) is 0 Å². The second kappa shape index (κ2) is 5.15. The molecule has 104 valence electrons. The van der Waals surface area contributed by atoms with Gasteiger partial charge in [0.15, 0.2) is 0 Å². The lowest BCUT2D eigenvalue weighted by Crippen LogP contribution is -2.54. The Morgan fingerprint density at radius 3 is 2.33 bits per heavy atom. The van der Waals surface area contributed by atoms with Crippen LogP contribution in [0.5, 0.6) is 0 Å². The van der Waals surface area contributed by atoms with Crippen LogP contribution in [-0.4, -0.2) is 59.5 Å². The molecule has 0 aromatic carbocycles. The molecule has 1 saturated carbocycles. The van der Waals surface area contributed by atoms with Crippen LogP contribution in [0.2, 0.25) is 0 Å². The highest BCUT2D eigenvalue weighted by molar-refractivity contribution is 5.84. The number of rotatable bonds is 3. The molecule has 1 amide bonds. The summed E-state index contributed by atoms with van der Waals surface area (Å²) in [5.41, 5.74) is 10.7. The van der Waals surface area contributed by atoms with Gasteiger partial charge in [0.2, 0.25) is 5.91 Å². The van der Waals surface area contributed by atoms with Crippen molar-refractivity contribution in [3.63, 3.8) is 0 Å². The number of hydrogen-bond acceptors (Lipinski definition) is 4. The Kier molecular flexibility index (Phi) is 3.94. The van der Waals surface area contributed by atoms with Gasteiger partial charge in [0, 0.05) is 38.3 Å². The van der Waals surface area contributed by atoms with E-state index in [2.05, 4.69) is 23.6 Å². The molecule has 1 aliphatic heterocycles. The van der Waals surface area contributed by atoms with Crippen LogP contribution in [-0.2, 0) is 4.79 Å². The first-order valence-corrected chi connectivity index (χ1v) is 6.99. The van der Waals surface area contributed by atoms with Crippen molar-refractivity contribution >= 4 is 5.91 Å². The minimum atomic E-state index is -0.764. The number of carbonyl (C=O) groups is 1. The molecule has 1 saturated heterocycles. The molecular formula is C13H26N4O. The lowest BCUT2D eigenvalue weighted by atomic mass is 9.98. The van der Waals surface area contributed by atoms with Gasteiger partial charge in [-0.25, -0.2) is 0 Å². The van der Waals surface area contributed by atoms with Crippen LogP contribution in [0.4, 0.5) is 0 Å². The number of primary amides is 1. The summed E-state index contributed by atoms with van der Waals surface area (Å²) in [5, 5.41) is 0. The van der Waals surface area contributed by atoms with Crippen molar-refractivity contribution in [2.75, 3.05) is 26.2 Å². The van der Waals surface area contributed by atoms with E-state index in [0.29, 0.717) is 12.1 Å². The molecule has 2 unspecified atom stereocenters. The van der Waals surface area contributed by atoms with Gasteiger partial charge in [-0.05, 0) is 33.1 Å². The van der Waals surface area contributed by atoms with Crippen molar-refractivity contribution in [3.05, 3.63) is 0 Å². The number of hydrogen-bond donors (Lipinski definition) is 2. The predicted molar refractivity (Wildman–Crippen MR) is 72.0 cm³/mol. The Morgan fingerprint density at radius 2 is 1.89 bits per heavy atom. The molecule has 0 aromatic rings. The van der Waals surface area contributed by atoms with Crippen molar-refractivity contribution in [1.82, 2.24) is 9.80 Å². The molecule has 0 spiro atoms. The summed E-state index contributed by atoms with van der Waals surface area (Å²) in [6.07, 6.45) is 2.46. The van der Waals surface area contributed by atoms with E-state index in [4.69, 9.17) is 11.5 Å².